The van der Waals surface area contributed by atoms with Crippen LogP contribution in [-0.4, -0.2) is 19.6 Å². The van der Waals surface area contributed by atoms with E-state index in [-0.39, 0.29) is 16.6 Å². The van der Waals surface area contributed by atoms with Gasteiger partial charge in [0, 0.05) is 22.7 Å². The number of hydrogen-bond acceptors (Lipinski definition) is 3. The van der Waals surface area contributed by atoms with Crippen LogP contribution in [0.2, 0.25) is 0 Å². The molecule has 2 heterocycles. The van der Waals surface area contributed by atoms with Gasteiger partial charge >= 0.3 is 0 Å². The standard InChI is InChI=1S/C51H49N3O/c1-49(2,3)39-24-25-45(55)43(31-39)48-53-47-41(34-19-15-20-35(27-34)42-32-40(50(4,5)6)28-36-21-16-26-52-46(36)42)29-37(33-17-11-9-12-18-33)30-44(47)54(48)51(7,8)38-22-13-10-14-23-38/h9-32,55H,1-8H3. The molecule has 0 fully saturated rings. The number of phenolic OH excluding ortho intramolecular Hbond substituents is 1. The van der Waals surface area contributed by atoms with E-state index >= 15 is 0 Å². The summed E-state index contributed by atoms with van der Waals surface area (Å²) in [6.45, 7) is 17.9. The molecule has 0 unspecified atom stereocenters. The third-order valence-corrected chi connectivity index (χ3v) is 11.1. The second-order valence-corrected chi connectivity index (χ2v) is 17.4. The van der Waals surface area contributed by atoms with E-state index in [1.165, 1.54) is 5.56 Å². The molecular formula is C51H49N3O. The van der Waals surface area contributed by atoms with Crippen molar-refractivity contribution in [1.29, 1.82) is 0 Å². The van der Waals surface area contributed by atoms with Crippen LogP contribution >= 0.6 is 0 Å². The van der Waals surface area contributed by atoms with E-state index in [2.05, 4.69) is 181 Å². The van der Waals surface area contributed by atoms with Crippen molar-refractivity contribution < 1.29 is 5.11 Å². The van der Waals surface area contributed by atoms with Gasteiger partial charge in [-0.05, 0) is 112 Å². The molecule has 8 rings (SSSR count). The van der Waals surface area contributed by atoms with E-state index < -0.39 is 5.54 Å². The molecule has 0 bridgehead atoms. The van der Waals surface area contributed by atoms with E-state index in [1.54, 1.807) is 0 Å². The molecule has 0 aliphatic carbocycles. The maximum Gasteiger partial charge on any atom is 0.145 e. The van der Waals surface area contributed by atoms with Gasteiger partial charge in [0.05, 0.1) is 27.7 Å². The molecular weight excluding hydrogens is 671 g/mol. The fourth-order valence-corrected chi connectivity index (χ4v) is 7.80. The number of imidazole rings is 1. The Kier molecular flexibility index (Phi) is 8.76. The Hall–Kier alpha value is -6.00. The van der Waals surface area contributed by atoms with Crippen LogP contribution in [0.4, 0.5) is 0 Å². The number of rotatable bonds is 6. The molecule has 55 heavy (non-hydrogen) atoms. The van der Waals surface area contributed by atoms with Crippen molar-refractivity contribution in [2.45, 2.75) is 71.8 Å². The third-order valence-electron chi connectivity index (χ3n) is 11.1. The monoisotopic (exact) mass is 719 g/mol. The molecule has 0 radical (unpaired) electrons. The minimum Gasteiger partial charge on any atom is -0.507 e. The van der Waals surface area contributed by atoms with Crippen molar-refractivity contribution in [2.75, 3.05) is 0 Å². The van der Waals surface area contributed by atoms with Crippen molar-refractivity contribution in [3.8, 4) is 50.5 Å². The molecule has 0 saturated carbocycles. The smallest absolute Gasteiger partial charge is 0.145 e. The van der Waals surface area contributed by atoms with E-state index in [0.29, 0.717) is 5.56 Å². The zero-order chi connectivity index (χ0) is 38.7. The number of pyridine rings is 1. The number of aromatic nitrogens is 3. The van der Waals surface area contributed by atoms with Crippen molar-refractivity contribution in [2.24, 2.45) is 0 Å². The van der Waals surface area contributed by atoms with Crippen molar-refractivity contribution in [1.82, 2.24) is 14.5 Å². The summed E-state index contributed by atoms with van der Waals surface area (Å²) in [5.41, 5.74) is 13.0. The summed E-state index contributed by atoms with van der Waals surface area (Å²) in [4.78, 5) is 10.4. The van der Waals surface area contributed by atoms with Crippen molar-refractivity contribution in [3.63, 3.8) is 0 Å². The second kappa shape index (κ2) is 13.4. The lowest BCUT2D eigenvalue weighted by atomic mass is 9.84. The summed E-state index contributed by atoms with van der Waals surface area (Å²) in [6.07, 6.45) is 1.88. The molecule has 1 N–H and O–H groups in total. The molecule has 0 saturated heterocycles. The maximum atomic E-state index is 11.6. The van der Waals surface area contributed by atoms with Crippen LogP contribution in [-0.2, 0) is 16.4 Å². The van der Waals surface area contributed by atoms with Gasteiger partial charge in [-0.3, -0.25) is 4.98 Å². The highest BCUT2D eigenvalue weighted by molar-refractivity contribution is 6.00. The van der Waals surface area contributed by atoms with Crippen LogP contribution < -0.4 is 0 Å². The predicted molar refractivity (Wildman–Crippen MR) is 231 cm³/mol. The zero-order valence-corrected chi connectivity index (χ0v) is 33.1. The van der Waals surface area contributed by atoms with Gasteiger partial charge in [-0.1, -0.05) is 133 Å². The van der Waals surface area contributed by atoms with Gasteiger partial charge in [0.2, 0.25) is 0 Å². The molecule has 4 nitrogen and oxygen atoms in total. The average Bonchev–Trinajstić information content (AvgIpc) is 3.57. The van der Waals surface area contributed by atoms with Gasteiger partial charge in [0.25, 0.3) is 0 Å². The summed E-state index contributed by atoms with van der Waals surface area (Å²) in [7, 11) is 0. The fourth-order valence-electron chi connectivity index (χ4n) is 7.80. The lowest BCUT2D eigenvalue weighted by molar-refractivity contribution is 0.448. The summed E-state index contributed by atoms with van der Waals surface area (Å²) in [6, 6.07) is 49.2. The molecule has 6 aromatic carbocycles. The van der Waals surface area contributed by atoms with Crippen molar-refractivity contribution >= 4 is 21.9 Å². The Bertz CT molecular complexity index is 2690. The Labute approximate surface area is 325 Å². The van der Waals surface area contributed by atoms with Gasteiger partial charge in [0.15, 0.2) is 0 Å². The van der Waals surface area contributed by atoms with E-state index in [0.717, 1.165) is 72.3 Å². The first-order valence-corrected chi connectivity index (χ1v) is 19.2. The quantitative estimate of drug-likeness (QED) is 0.186. The summed E-state index contributed by atoms with van der Waals surface area (Å²) < 4.78 is 2.34. The van der Waals surface area contributed by atoms with Crippen LogP contribution in [0.3, 0.4) is 0 Å². The zero-order valence-electron chi connectivity index (χ0n) is 33.1. The predicted octanol–water partition coefficient (Wildman–Crippen LogP) is 13.3. The molecule has 274 valence electrons. The number of phenols is 1. The highest BCUT2D eigenvalue weighted by Gasteiger charge is 2.32. The molecule has 0 aliphatic rings. The van der Waals surface area contributed by atoms with Gasteiger partial charge in [-0.2, -0.15) is 0 Å². The molecule has 2 aromatic heterocycles. The third kappa shape index (κ3) is 6.61. The molecule has 0 atom stereocenters. The number of nitrogens with zero attached hydrogens (tertiary/aromatic N) is 3. The Morgan fingerprint density at radius 2 is 1.09 bits per heavy atom. The van der Waals surface area contributed by atoms with Crippen molar-refractivity contribution in [3.05, 3.63) is 162 Å². The van der Waals surface area contributed by atoms with Crippen LogP contribution in [0.1, 0.15) is 72.1 Å². The van der Waals surface area contributed by atoms with Gasteiger partial charge in [0.1, 0.15) is 11.6 Å². The molecule has 0 amide bonds. The number of fused-ring (bicyclic) bond motifs is 2. The average molecular weight is 720 g/mol. The second-order valence-electron chi connectivity index (χ2n) is 17.4. The Morgan fingerprint density at radius 3 is 1.76 bits per heavy atom. The molecule has 0 aliphatic heterocycles. The fraction of sp³-hybridized carbons (Fsp3) is 0.216. The number of aromatic hydroxyl groups is 1. The van der Waals surface area contributed by atoms with Crippen LogP contribution in [0.5, 0.6) is 5.75 Å². The first-order chi connectivity index (χ1) is 26.2. The molecule has 4 heteroatoms. The lowest BCUT2D eigenvalue weighted by Gasteiger charge is -2.31. The summed E-state index contributed by atoms with van der Waals surface area (Å²) in [5.74, 6) is 0.932. The highest BCUT2D eigenvalue weighted by Crippen LogP contribution is 2.44. The lowest BCUT2D eigenvalue weighted by Crippen LogP contribution is -2.28. The topological polar surface area (TPSA) is 50.9 Å². The normalized spacial score (nSPS) is 12.4. The minimum atomic E-state index is -0.540. The highest BCUT2D eigenvalue weighted by atomic mass is 16.3. The Morgan fingerprint density at radius 1 is 0.473 bits per heavy atom. The maximum absolute atomic E-state index is 11.6. The first kappa shape index (κ1) is 36.0. The summed E-state index contributed by atoms with van der Waals surface area (Å²) >= 11 is 0. The van der Waals surface area contributed by atoms with Gasteiger partial charge < -0.3 is 9.67 Å². The molecule has 8 aromatic rings. The van der Waals surface area contributed by atoms with Crippen LogP contribution in [0, 0.1) is 0 Å². The van der Waals surface area contributed by atoms with E-state index in [9.17, 15) is 5.11 Å². The largest absolute Gasteiger partial charge is 0.507 e. The first-order valence-electron chi connectivity index (χ1n) is 19.2. The van der Waals surface area contributed by atoms with Gasteiger partial charge in [-0.25, -0.2) is 4.98 Å². The number of hydrogen-bond donors (Lipinski definition) is 1. The number of benzene rings is 6. The summed E-state index contributed by atoms with van der Waals surface area (Å²) in [5, 5.41) is 12.8. The van der Waals surface area contributed by atoms with Gasteiger partial charge in [-0.15, -0.1) is 0 Å². The van der Waals surface area contributed by atoms with Crippen LogP contribution in [0.15, 0.2) is 146 Å². The SMILES string of the molecule is CC(C)(C)c1ccc(O)c(-c2nc3c(-c4cccc(-c5cc(C(C)(C)C)cc6cccnc56)c4)cc(-c4ccccc4)cc3n2C(C)(C)c2ccccc2)c1. The van der Waals surface area contributed by atoms with E-state index in [4.69, 9.17) is 9.97 Å². The Balaban J connectivity index is 1.46. The minimum absolute atomic E-state index is 0.0305. The van der Waals surface area contributed by atoms with Crippen LogP contribution in [0.25, 0.3) is 66.7 Å². The molecule has 0 spiro atoms. The van der Waals surface area contributed by atoms with E-state index in [1.807, 2.05) is 24.4 Å².